The molecule has 0 aliphatic carbocycles. The Hall–Kier alpha value is -3.81. The van der Waals surface area contributed by atoms with Crippen molar-refractivity contribution in [3.8, 4) is 11.5 Å². The number of para-hydroxylation sites is 1. The highest BCUT2D eigenvalue weighted by Gasteiger charge is 2.42. The highest BCUT2D eigenvalue weighted by atomic mass is 16.5. The van der Waals surface area contributed by atoms with E-state index in [2.05, 4.69) is 0 Å². The quantitative estimate of drug-likeness (QED) is 0.471. The highest BCUT2D eigenvalue weighted by molar-refractivity contribution is 5.99. The Morgan fingerprint density at radius 1 is 1.12 bits per heavy atom. The fraction of sp³-hybridized carbons (Fsp3) is 0.320. The number of carbonyl (C=O) groups is 2. The zero-order valence-corrected chi connectivity index (χ0v) is 18.2. The molecule has 0 bridgehead atoms. The zero-order chi connectivity index (χ0) is 23.5. The van der Waals surface area contributed by atoms with Gasteiger partial charge >= 0.3 is 5.97 Å². The van der Waals surface area contributed by atoms with Gasteiger partial charge in [0.05, 0.1) is 23.6 Å². The number of ether oxygens (including phenoxy) is 1. The number of phenolic OH excluding ortho intramolecular Hbond substituents is 1. The Labute approximate surface area is 190 Å². The highest BCUT2D eigenvalue weighted by Crippen LogP contribution is 2.40. The lowest BCUT2D eigenvalue weighted by Crippen LogP contribution is -2.30. The number of aromatic hydroxyl groups is 1. The molecule has 33 heavy (non-hydrogen) atoms. The third-order valence-electron chi connectivity index (χ3n) is 5.76. The van der Waals surface area contributed by atoms with Crippen LogP contribution in [0.25, 0.3) is 11.0 Å². The molecule has 2 heterocycles. The molecular weight excluding hydrogens is 426 g/mol. The SMILES string of the molecule is CCOc1cc(C2c3c(oc4ccccc4c3=O)C(=O)N2CCCCCC(=O)O)ccc1O. The fourth-order valence-electron chi connectivity index (χ4n) is 4.25. The van der Waals surface area contributed by atoms with E-state index < -0.39 is 12.0 Å². The van der Waals surface area contributed by atoms with E-state index in [-0.39, 0.29) is 40.6 Å². The summed E-state index contributed by atoms with van der Waals surface area (Å²) in [4.78, 5) is 39.1. The Morgan fingerprint density at radius 3 is 2.67 bits per heavy atom. The maximum atomic E-state index is 13.4. The third kappa shape index (κ3) is 4.28. The van der Waals surface area contributed by atoms with Gasteiger partial charge in [-0.25, -0.2) is 0 Å². The van der Waals surface area contributed by atoms with E-state index in [0.717, 1.165) is 0 Å². The summed E-state index contributed by atoms with van der Waals surface area (Å²) >= 11 is 0. The van der Waals surface area contributed by atoms with E-state index in [1.165, 1.54) is 6.07 Å². The van der Waals surface area contributed by atoms with Crippen LogP contribution in [0.1, 0.15) is 60.3 Å². The van der Waals surface area contributed by atoms with Crippen LogP contribution in [-0.2, 0) is 4.79 Å². The predicted octanol–water partition coefficient (Wildman–Crippen LogP) is 4.09. The van der Waals surface area contributed by atoms with Crippen molar-refractivity contribution in [1.82, 2.24) is 4.90 Å². The van der Waals surface area contributed by atoms with Crippen molar-refractivity contribution >= 4 is 22.8 Å². The van der Waals surface area contributed by atoms with Crippen LogP contribution in [0.15, 0.2) is 51.7 Å². The number of fused-ring (bicyclic) bond motifs is 2. The summed E-state index contributed by atoms with van der Waals surface area (Å²) in [6.45, 7) is 2.47. The maximum absolute atomic E-state index is 13.4. The van der Waals surface area contributed by atoms with Crippen molar-refractivity contribution in [1.29, 1.82) is 0 Å². The minimum absolute atomic E-state index is 0.0141. The number of aliphatic carboxylic acids is 1. The van der Waals surface area contributed by atoms with Gasteiger partial charge < -0.3 is 24.3 Å². The summed E-state index contributed by atoms with van der Waals surface area (Å²) in [5.41, 5.74) is 0.954. The van der Waals surface area contributed by atoms with E-state index in [9.17, 15) is 19.5 Å². The molecular formula is C25H25NO7. The number of hydrogen-bond donors (Lipinski definition) is 2. The smallest absolute Gasteiger partial charge is 0.303 e. The van der Waals surface area contributed by atoms with Crippen LogP contribution in [-0.4, -0.2) is 40.1 Å². The second-order valence-corrected chi connectivity index (χ2v) is 7.94. The number of carboxylic acid groups (broad SMARTS) is 1. The van der Waals surface area contributed by atoms with Crippen LogP contribution < -0.4 is 10.2 Å². The number of phenols is 1. The van der Waals surface area contributed by atoms with Gasteiger partial charge in [0, 0.05) is 13.0 Å². The van der Waals surface area contributed by atoms with Gasteiger partial charge in [-0.15, -0.1) is 0 Å². The van der Waals surface area contributed by atoms with Crippen LogP contribution in [0.5, 0.6) is 11.5 Å². The summed E-state index contributed by atoms with van der Waals surface area (Å²) < 4.78 is 11.4. The molecule has 3 aromatic rings. The average molecular weight is 451 g/mol. The van der Waals surface area contributed by atoms with Gasteiger partial charge in [0.15, 0.2) is 16.9 Å². The molecule has 1 atom stereocenters. The van der Waals surface area contributed by atoms with Crippen molar-refractivity contribution in [3.05, 3.63) is 69.6 Å². The number of carboxylic acids is 1. The molecule has 4 rings (SSSR count). The molecule has 0 saturated heterocycles. The summed E-state index contributed by atoms with van der Waals surface area (Å²) in [7, 11) is 0. The molecule has 1 aliphatic heterocycles. The lowest BCUT2D eigenvalue weighted by molar-refractivity contribution is -0.137. The maximum Gasteiger partial charge on any atom is 0.303 e. The normalized spacial score (nSPS) is 15.1. The van der Waals surface area contributed by atoms with E-state index in [4.69, 9.17) is 14.3 Å². The average Bonchev–Trinajstić information content (AvgIpc) is 3.07. The first-order valence-electron chi connectivity index (χ1n) is 11.0. The second-order valence-electron chi connectivity index (χ2n) is 7.94. The topological polar surface area (TPSA) is 117 Å². The Kier molecular flexibility index (Phi) is 6.35. The Bertz CT molecular complexity index is 1260. The molecule has 0 radical (unpaired) electrons. The molecule has 2 aromatic carbocycles. The Balaban J connectivity index is 1.77. The van der Waals surface area contributed by atoms with Crippen molar-refractivity contribution < 1.29 is 29.0 Å². The molecule has 0 fully saturated rings. The molecule has 0 saturated carbocycles. The van der Waals surface area contributed by atoms with Crippen molar-refractivity contribution in [2.45, 2.75) is 38.6 Å². The minimum atomic E-state index is -0.855. The van der Waals surface area contributed by atoms with Gasteiger partial charge in [-0.1, -0.05) is 24.6 Å². The van der Waals surface area contributed by atoms with Gasteiger partial charge in [-0.3, -0.25) is 14.4 Å². The number of nitrogens with zero attached hydrogens (tertiary/aromatic N) is 1. The van der Waals surface area contributed by atoms with E-state index >= 15 is 0 Å². The van der Waals surface area contributed by atoms with Gasteiger partial charge in [-0.05, 0) is 49.6 Å². The summed E-state index contributed by atoms with van der Waals surface area (Å²) in [6.07, 6.45) is 1.78. The van der Waals surface area contributed by atoms with Crippen LogP contribution in [0, 0.1) is 0 Å². The number of unbranched alkanes of at least 4 members (excludes halogenated alkanes) is 2. The first-order chi connectivity index (χ1) is 15.9. The lowest BCUT2D eigenvalue weighted by Gasteiger charge is -2.25. The molecule has 1 amide bonds. The molecule has 8 nitrogen and oxygen atoms in total. The van der Waals surface area contributed by atoms with Crippen LogP contribution >= 0.6 is 0 Å². The summed E-state index contributed by atoms with van der Waals surface area (Å²) in [5.74, 6) is -0.993. The van der Waals surface area contributed by atoms with Gasteiger partial charge in [-0.2, -0.15) is 0 Å². The first kappa shape index (κ1) is 22.4. The van der Waals surface area contributed by atoms with Crippen LogP contribution in [0.3, 0.4) is 0 Å². The standard InChI is InChI=1S/C25H25NO7/c1-2-32-19-14-15(11-12-17(19)27)22-21-23(30)16-8-5-6-9-18(16)33-24(21)25(31)26(22)13-7-3-4-10-20(28)29/h5-6,8-9,11-12,14,22,27H,2-4,7,10,13H2,1H3,(H,28,29). The summed E-state index contributed by atoms with van der Waals surface area (Å²) in [6, 6.07) is 10.9. The molecule has 0 spiro atoms. The third-order valence-corrected chi connectivity index (χ3v) is 5.76. The minimum Gasteiger partial charge on any atom is -0.504 e. The monoisotopic (exact) mass is 451 g/mol. The van der Waals surface area contributed by atoms with E-state index in [0.29, 0.717) is 48.9 Å². The zero-order valence-electron chi connectivity index (χ0n) is 18.2. The van der Waals surface area contributed by atoms with Crippen LogP contribution in [0.4, 0.5) is 0 Å². The predicted molar refractivity (Wildman–Crippen MR) is 121 cm³/mol. The van der Waals surface area contributed by atoms with Crippen molar-refractivity contribution in [2.24, 2.45) is 0 Å². The molecule has 2 N–H and O–H groups in total. The number of carbonyl (C=O) groups excluding carboxylic acids is 1. The summed E-state index contributed by atoms with van der Waals surface area (Å²) in [5, 5.41) is 19.4. The Morgan fingerprint density at radius 2 is 1.91 bits per heavy atom. The lowest BCUT2D eigenvalue weighted by atomic mass is 9.98. The second kappa shape index (κ2) is 9.36. The van der Waals surface area contributed by atoms with E-state index in [1.807, 2.05) is 0 Å². The molecule has 1 aromatic heterocycles. The van der Waals surface area contributed by atoms with Gasteiger partial charge in [0.25, 0.3) is 5.91 Å². The molecule has 1 aliphatic rings. The first-order valence-corrected chi connectivity index (χ1v) is 11.0. The number of amides is 1. The number of benzene rings is 2. The molecule has 8 heteroatoms. The van der Waals surface area contributed by atoms with E-state index in [1.54, 1.807) is 48.2 Å². The number of hydrogen-bond acceptors (Lipinski definition) is 6. The molecule has 172 valence electrons. The van der Waals surface area contributed by atoms with Crippen LogP contribution in [0.2, 0.25) is 0 Å². The van der Waals surface area contributed by atoms with Crippen molar-refractivity contribution in [2.75, 3.05) is 13.2 Å². The molecule has 1 unspecified atom stereocenters. The van der Waals surface area contributed by atoms with Gasteiger partial charge in [0.1, 0.15) is 5.58 Å². The largest absolute Gasteiger partial charge is 0.504 e. The van der Waals surface area contributed by atoms with Crippen molar-refractivity contribution in [3.63, 3.8) is 0 Å². The van der Waals surface area contributed by atoms with Gasteiger partial charge in [0.2, 0.25) is 5.76 Å². The fourth-order valence-corrected chi connectivity index (χ4v) is 4.25. The number of rotatable bonds is 9.